The third kappa shape index (κ3) is 4.70. The normalized spacial score (nSPS) is 21.5. The van der Waals surface area contributed by atoms with Gasteiger partial charge in [0.05, 0.1) is 13.2 Å². The number of amides is 1. The van der Waals surface area contributed by atoms with Gasteiger partial charge in [-0.15, -0.1) is 0 Å². The van der Waals surface area contributed by atoms with Gasteiger partial charge in [0.15, 0.2) is 0 Å². The van der Waals surface area contributed by atoms with E-state index in [1.165, 1.54) is 0 Å². The first-order valence-electron chi connectivity index (χ1n) is 5.84. The van der Waals surface area contributed by atoms with Crippen LogP contribution >= 0.6 is 0 Å². The molecule has 1 atom stereocenters. The molecule has 1 saturated heterocycles. The van der Waals surface area contributed by atoms with Gasteiger partial charge in [-0.3, -0.25) is 14.5 Å². The average Bonchev–Trinajstić information content (AvgIpc) is 2.25. The summed E-state index contributed by atoms with van der Waals surface area (Å²) in [6.45, 7) is 5.53. The lowest BCUT2D eigenvalue weighted by molar-refractivity contribution is -0.150. The maximum absolute atomic E-state index is 11.5. The predicted octanol–water partition coefficient (Wildman–Crippen LogP) is -0.313. The third-order valence-electron chi connectivity index (χ3n) is 2.60. The van der Waals surface area contributed by atoms with Crippen LogP contribution in [0.1, 0.15) is 20.3 Å². The Hall–Kier alpha value is -1.14. The van der Waals surface area contributed by atoms with Gasteiger partial charge in [0, 0.05) is 25.6 Å². The first-order chi connectivity index (χ1) is 8.00. The number of carbonyl (C=O) groups excluding carboxylic acids is 1. The van der Waals surface area contributed by atoms with Crippen LogP contribution in [0, 0.1) is 0 Å². The lowest BCUT2D eigenvalue weighted by Crippen LogP contribution is -2.50. The first kappa shape index (κ1) is 13.9. The smallest absolute Gasteiger partial charge is 0.323 e. The van der Waals surface area contributed by atoms with Crippen LogP contribution in [0.2, 0.25) is 0 Å². The highest BCUT2D eigenvalue weighted by molar-refractivity contribution is 5.77. The van der Waals surface area contributed by atoms with E-state index in [4.69, 9.17) is 9.84 Å². The van der Waals surface area contributed by atoms with Crippen LogP contribution in [-0.2, 0) is 14.3 Å². The van der Waals surface area contributed by atoms with Gasteiger partial charge in [0.25, 0.3) is 0 Å². The van der Waals surface area contributed by atoms with E-state index in [2.05, 4.69) is 5.32 Å². The van der Waals surface area contributed by atoms with Gasteiger partial charge >= 0.3 is 5.97 Å². The van der Waals surface area contributed by atoms with Crippen molar-refractivity contribution in [2.75, 3.05) is 26.3 Å². The molecule has 1 fully saturated rings. The lowest BCUT2D eigenvalue weighted by atomic mass is 10.2. The number of ether oxygens (including phenoxy) is 1. The van der Waals surface area contributed by atoms with Crippen LogP contribution in [0.5, 0.6) is 0 Å². The highest BCUT2D eigenvalue weighted by atomic mass is 16.5. The van der Waals surface area contributed by atoms with Crippen molar-refractivity contribution in [3.05, 3.63) is 0 Å². The number of hydrogen-bond donors (Lipinski definition) is 2. The summed E-state index contributed by atoms with van der Waals surface area (Å²) in [5, 5.41) is 11.8. The summed E-state index contributed by atoms with van der Waals surface area (Å²) in [4.78, 5) is 24.2. The molecular weight excluding hydrogens is 224 g/mol. The quantitative estimate of drug-likeness (QED) is 0.693. The molecule has 1 aliphatic rings. The average molecular weight is 244 g/mol. The van der Waals surface area contributed by atoms with Gasteiger partial charge < -0.3 is 15.2 Å². The van der Waals surface area contributed by atoms with Crippen LogP contribution in [0.4, 0.5) is 0 Å². The van der Waals surface area contributed by atoms with Gasteiger partial charge in [-0.05, 0) is 13.8 Å². The number of carboxylic acids is 1. The van der Waals surface area contributed by atoms with Crippen molar-refractivity contribution < 1.29 is 19.4 Å². The second kappa shape index (κ2) is 6.56. The minimum absolute atomic E-state index is 0.0457. The number of rotatable bonds is 5. The molecule has 0 bridgehead atoms. The molecule has 1 rings (SSSR count). The van der Waals surface area contributed by atoms with Crippen molar-refractivity contribution in [2.24, 2.45) is 0 Å². The molecule has 17 heavy (non-hydrogen) atoms. The predicted molar refractivity (Wildman–Crippen MR) is 61.7 cm³/mol. The van der Waals surface area contributed by atoms with Gasteiger partial charge in [-0.25, -0.2) is 0 Å². The summed E-state index contributed by atoms with van der Waals surface area (Å²) in [5.41, 5.74) is 0. The van der Waals surface area contributed by atoms with Gasteiger partial charge in [0.1, 0.15) is 6.04 Å². The fraction of sp³-hybridized carbons (Fsp3) is 0.818. The molecule has 0 aliphatic carbocycles. The molecule has 0 spiro atoms. The fourth-order valence-corrected chi connectivity index (χ4v) is 1.77. The highest BCUT2D eigenvalue weighted by Crippen LogP contribution is 2.07. The number of hydrogen-bond acceptors (Lipinski definition) is 4. The molecule has 0 aromatic carbocycles. The maximum atomic E-state index is 11.5. The molecule has 1 aliphatic heterocycles. The van der Waals surface area contributed by atoms with Crippen molar-refractivity contribution in [2.45, 2.75) is 32.4 Å². The molecule has 1 heterocycles. The monoisotopic (exact) mass is 244 g/mol. The van der Waals surface area contributed by atoms with Crippen molar-refractivity contribution in [1.29, 1.82) is 0 Å². The Morgan fingerprint density at radius 3 is 2.82 bits per heavy atom. The Morgan fingerprint density at radius 2 is 2.24 bits per heavy atom. The number of nitrogens with one attached hydrogen (secondary N) is 1. The zero-order chi connectivity index (χ0) is 12.8. The summed E-state index contributed by atoms with van der Waals surface area (Å²) in [7, 11) is 0. The second-order valence-corrected chi connectivity index (χ2v) is 4.44. The van der Waals surface area contributed by atoms with E-state index in [0.29, 0.717) is 26.1 Å². The Balaban J connectivity index is 2.38. The number of morpholine rings is 1. The van der Waals surface area contributed by atoms with Crippen molar-refractivity contribution in [1.82, 2.24) is 10.2 Å². The standard InChI is InChI=1S/C11H20N2O4/c1-8(2)12-10(14)3-4-13-5-6-17-7-9(13)11(15)16/h8-9H,3-7H2,1-2H3,(H,12,14)(H,15,16). The summed E-state index contributed by atoms with van der Waals surface area (Å²) in [5.74, 6) is -0.940. The number of carboxylic acid groups (broad SMARTS) is 1. The van der Waals surface area contributed by atoms with Gasteiger partial charge in [-0.2, -0.15) is 0 Å². The van der Waals surface area contributed by atoms with Crippen molar-refractivity contribution in [3.8, 4) is 0 Å². The topological polar surface area (TPSA) is 78.9 Å². The molecule has 1 amide bonds. The Kier molecular flexibility index (Phi) is 5.37. The van der Waals surface area contributed by atoms with E-state index in [1.807, 2.05) is 13.8 Å². The summed E-state index contributed by atoms with van der Waals surface area (Å²) in [6, 6.07) is -0.516. The minimum atomic E-state index is -0.894. The number of carbonyl (C=O) groups is 2. The largest absolute Gasteiger partial charge is 0.480 e. The van der Waals surface area contributed by atoms with Gasteiger partial charge in [0.2, 0.25) is 5.91 Å². The maximum Gasteiger partial charge on any atom is 0.323 e. The molecule has 98 valence electrons. The van der Waals surface area contributed by atoms with Crippen LogP contribution < -0.4 is 5.32 Å². The molecule has 0 aromatic rings. The van der Waals surface area contributed by atoms with Crippen molar-refractivity contribution in [3.63, 3.8) is 0 Å². The van der Waals surface area contributed by atoms with E-state index in [9.17, 15) is 9.59 Å². The Morgan fingerprint density at radius 1 is 1.53 bits per heavy atom. The SMILES string of the molecule is CC(C)NC(=O)CCN1CCOCC1C(=O)O. The first-order valence-corrected chi connectivity index (χ1v) is 5.84. The third-order valence-corrected chi connectivity index (χ3v) is 2.60. The molecule has 1 unspecified atom stereocenters. The Labute approximate surface area is 101 Å². The van der Waals surface area contributed by atoms with E-state index < -0.39 is 12.0 Å². The number of aliphatic carboxylic acids is 1. The summed E-state index contributed by atoms with van der Waals surface area (Å²) < 4.78 is 5.12. The minimum Gasteiger partial charge on any atom is -0.480 e. The van der Waals surface area contributed by atoms with Crippen LogP contribution in [0.25, 0.3) is 0 Å². The van der Waals surface area contributed by atoms with Crippen LogP contribution in [0.3, 0.4) is 0 Å². The zero-order valence-corrected chi connectivity index (χ0v) is 10.3. The summed E-state index contributed by atoms with van der Waals surface area (Å²) >= 11 is 0. The lowest BCUT2D eigenvalue weighted by Gasteiger charge is -2.32. The van der Waals surface area contributed by atoms with Crippen LogP contribution in [-0.4, -0.2) is 60.3 Å². The van der Waals surface area contributed by atoms with Gasteiger partial charge in [-0.1, -0.05) is 0 Å². The zero-order valence-electron chi connectivity index (χ0n) is 10.3. The van der Waals surface area contributed by atoms with Crippen LogP contribution in [0.15, 0.2) is 0 Å². The molecule has 0 aromatic heterocycles. The molecule has 6 heteroatoms. The molecule has 2 N–H and O–H groups in total. The van der Waals surface area contributed by atoms with E-state index in [1.54, 1.807) is 4.90 Å². The summed E-state index contributed by atoms with van der Waals surface area (Å²) in [6.07, 6.45) is 0.321. The fourth-order valence-electron chi connectivity index (χ4n) is 1.77. The van der Waals surface area contributed by atoms with E-state index >= 15 is 0 Å². The molecule has 0 saturated carbocycles. The molecular formula is C11H20N2O4. The molecule has 6 nitrogen and oxygen atoms in total. The Bertz CT molecular complexity index is 281. The molecule has 0 radical (unpaired) electrons. The van der Waals surface area contributed by atoms with Crippen molar-refractivity contribution >= 4 is 11.9 Å². The van der Waals surface area contributed by atoms with E-state index in [-0.39, 0.29) is 18.6 Å². The number of nitrogens with zero attached hydrogens (tertiary/aromatic N) is 1. The van der Waals surface area contributed by atoms with E-state index in [0.717, 1.165) is 0 Å². The highest BCUT2D eigenvalue weighted by Gasteiger charge is 2.29. The second-order valence-electron chi connectivity index (χ2n) is 4.44.